The molecule has 0 aliphatic heterocycles. The zero-order valence-corrected chi connectivity index (χ0v) is 14.5. The standard InChI is InChI=1S/C21H20N2O3/c1-13(20(24)22-17-10-9-14-6-4-7-15(14)11-17)26-21(25)19-12-16-5-2-3-8-18(16)23-19/h2-3,5,8-13,23H,4,6-7H2,1H3,(H,22,24). The van der Waals surface area contributed by atoms with E-state index in [-0.39, 0.29) is 5.91 Å². The summed E-state index contributed by atoms with van der Waals surface area (Å²) in [5.41, 5.74) is 4.56. The summed E-state index contributed by atoms with van der Waals surface area (Å²) < 4.78 is 5.31. The van der Waals surface area contributed by atoms with Crippen LogP contribution < -0.4 is 5.32 Å². The molecule has 1 aromatic heterocycles. The number of aromatic amines is 1. The Labute approximate surface area is 151 Å². The molecule has 5 heteroatoms. The summed E-state index contributed by atoms with van der Waals surface area (Å²) in [5, 5.41) is 3.75. The van der Waals surface area contributed by atoms with Crippen LogP contribution in [0.4, 0.5) is 5.69 Å². The number of rotatable bonds is 4. The third-order valence-electron chi connectivity index (χ3n) is 4.77. The van der Waals surface area contributed by atoms with Crippen molar-refractivity contribution >= 4 is 28.5 Å². The molecule has 0 fully saturated rings. The average Bonchev–Trinajstić information content (AvgIpc) is 3.27. The summed E-state index contributed by atoms with van der Waals surface area (Å²) in [5.74, 6) is -0.884. The fourth-order valence-corrected chi connectivity index (χ4v) is 3.35. The number of hydrogen-bond acceptors (Lipinski definition) is 3. The molecule has 4 rings (SSSR count). The number of esters is 1. The highest BCUT2D eigenvalue weighted by Crippen LogP contribution is 2.25. The third kappa shape index (κ3) is 3.20. The van der Waals surface area contributed by atoms with E-state index in [0.717, 1.165) is 35.9 Å². The number of anilines is 1. The summed E-state index contributed by atoms with van der Waals surface area (Å²) in [7, 11) is 0. The summed E-state index contributed by atoms with van der Waals surface area (Å²) in [6.07, 6.45) is 2.42. The zero-order valence-electron chi connectivity index (χ0n) is 14.5. The van der Waals surface area contributed by atoms with Gasteiger partial charge in [-0.1, -0.05) is 24.3 Å². The van der Waals surface area contributed by atoms with E-state index in [1.807, 2.05) is 36.4 Å². The number of H-pyrrole nitrogens is 1. The maximum Gasteiger partial charge on any atom is 0.355 e. The highest BCUT2D eigenvalue weighted by atomic mass is 16.5. The number of hydrogen-bond donors (Lipinski definition) is 2. The van der Waals surface area contributed by atoms with Gasteiger partial charge in [0.15, 0.2) is 6.10 Å². The van der Waals surface area contributed by atoms with Crippen LogP contribution in [0.2, 0.25) is 0 Å². The smallest absolute Gasteiger partial charge is 0.355 e. The van der Waals surface area contributed by atoms with Crippen LogP contribution in [0.1, 0.15) is 35.0 Å². The largest absolute Gasteiger partial charge is 0.448 e. The van der Waals surface area contributed by atoms with Gasteiger partial charge >= 0.3 is 5.97 Å². The number of carbonyl (C=O) groups excluding carboxylic acids is 2. The number of carbonyl (C=O) groups is 2. The van der Waals surface area contributed by atoms with Gasteiger partial charge in [-0.25, -0.2) is 4.79 Å². The minimum Gasteiger partial charge on any atom is -0.448 e. The first-order valence-corrected chi connectivity index (χ1v) is 8.81. The third-order valence-corrected chi connectivity index (χ3v) is 4.77. The van der Waals surface area contributed by atoms with Crippen molar-refractivity contribution in [3.05, 3.63) is 65.4 Å². The Morgan fingerprint density at radius 1 is 1.08 bits per heavy atom. The lowest BCUT2D eigenvalue weighted by atomic mass is 10.1. The second-order valence-corrected chi connectivity index (χ2v) is 6.64. The van der Waals surface area contributed by atoms with E-state index < -0.39 is 12.1 Å². The Morgan fingerprint density at radius 2 is 1.88 bits per heavy atom. The van der Waals surface area contributed by atoms with Crippen molar-refractivity contribution < 1.29 is 14.3 Å². The van der Waals surface area contributed by atoms with Gasteiger partial charge in [0.05, 0.1) is 0 Å². The molecule has 2 aromatic carbocycles. The molecule has 1 amide bonds. The molecule has 1 aliphatic rings. The predicted molar refractivity (Wildman–Crippen MR) is 100 cm³/mol. The number of amides is 1. The lowest BCUT2D eigenvalue weighted by Gasteiger charge is -2.13. The molecule has 1 unspecified atom stereocenters. The number of benzene rings is 2. The molecule has 0 saturated heterocycles. The number of aryl methyl sites for hydroxylation is 2. The topological polar surface area (TPSA) is 71.2 Å². The van der Waals surface area contributed by atoms with Gasteiger partial charge in [0, 0.05) is 16.6 Å². The van der Waals surface area contributed by atoms with Crippen LogP contribution >= 0.6 is 0 Å². The van der Waals surface area contributed by atoms with Crippen LogP contribution in [0.25, 0.3) is 10.9 Å². The number of nitrogens with one attached hydrogen (secondary N) is 2. The van der Waals surface area contributed by atoms with E-state index in [1.165, 1.54) is 11.1 Å². The van der Waals surface area contributed by atoms with E-state index in [1.54, 1.807) is 13.0 Å². The molecule has 2 N–H and O–H groups in total. The van der Waals surface area contributed by atoms with E-state index in [4.69, 9.17) is 4.74 Å². The van der Waals surface area contributed by atoms with Gasteiger partial charge in [-0.15, -0.1) is 0 Å². The molecule has 3 aromatic rings. The molecular formula is C21H20N2O3. The summed E-state index contributed by atoms with van der Waals surface area (Å²) in [6.45, 7) is 1.57. The summed E-state index contributed by atoms with van der Waals surface area (Å²) >= 11 is 0. The Balaban J connectivity index is 1.41. The molecule has 0 spiro atoms. The predicted octanol–water partition coefficient (Wildman–Crippen LogP) is 3.84. The first kappa shape index (κ1) is 16.4. The summed E-state index contributed by atoms with van der Waals surface area (Å²) in [6, 6.07) is 15.3. The second kappa shape index (κ2) is 6.67. The number of para-hydroxylation sites is 1. The fraction of sp³-hybridized carbons (Fsp3) is 0.238. The Hall–Kier alpha value is -3.08. The van der Waals surface area contributed by atoms with Crippen molar-refractivity contribution in [2.75, 3.05) is 5.32 Å². The molecule has 26 heavy (non-hydrogen) atoms. The molecule has 0 radical (unpaired) electrons. The van der Waals surface area contributed by atoms with Crippen molar-refractivity contribution in [3.8, 4) is 0 Å². The van der Waals surface area contributed by atoms with Crippen molar-refractivity contribution in [2.45, 2.75) is 32.3 Å². The lowest BCUT2D eigenvalue weighted by molar-refractivity contribution is -0.123. The van der Waals surface area contributed by atoms with Gasteiger partial charge in [0.2, 0.25) is 0 Å². The maximum atomic E-state index is 12.4. The SMILES string of the molecule is CC(OC(=O)c1cc2ccccc2[nH]1)C(=O)Nc1ccc2c(c1)CCC2. The molecule has 5 nitrogen and oxygen atoms in total. The quantitative estimate of drug-likeness (QED) is 0.704. The lowest BCUT2D eigenvalue weighted by Crippen LogP contribution is -2.30. The van der Waals surface area contributed by atoms with E-state index >= 15 is 0 Å². The minimum absolute atomic E-state index is 0.336. The van der Waals surface area contributed by atoms with E-state index in [9.17, 15) is 9.59 Å². The van der Waals surface area contributed by atoms with Gasteiger partial charge < -0.3 is 15.0 Å². The molecule has 1 atom stereocenters. The normalized spacial score (nSPS) is 14.0. The van der Waals surface area contributed by atoms with Crippen molar-refractivity contribution in [1.29, 1.82) is 0 Å². The number of fused-ring (bicyclic) bond motifs is 2. The van der Waals surface area contributed by atoms with Crippen LogP contribution in [0, 0.1) is 0 Å². The van der Waals surface area contributed by atoms with Gasteiger partial charge in [0.1, 0.15) is 5.69 Å². The Morgan fingerprint density at radius 3 is 2.73 bits per heavy atom. The van der Waals surface area contributed by atoms with Gasteiger partial charge in [-0.3, -0.25) is 4.79 Å². The van der Waals surface area contributed by atoms with Gasteiger partial charge in [0.25, 0.3) is 5.91 Å². The average molecular weight is 348 g/mol. The molecular weight excluding hydrogens is 328 g/mol. The maximum absolute atomic E-state index is 12.4. The molecule has 0 saturated carbocycles. The highest BCUT2D eigenvalue weighted by Gasteiger charge is 2.21. The summed E-state index contributed by atoms with van der Waals surface area (Å²) in [4.78, 5) is 27.7. The van der Waals surface area contributed by atoms with Crippen molar-refractivity contribution in [1.82, 2.24) is 4.98 Å². The van der Waals surface area contributed by atoms with E-state index in [2.05, 4.69) is 16.4 Å². The van der Waals surface area contributed by atoms with Crippen LogP contribution in [-0.4, -0.2) is 23.0 Å². The van der Waals surface area contributed by atoms with Crippen LogP contribution in [-0.2, 0) is 22.4 Å². The Bertz CT molecular complexity index is 957. The first-order chi connectivity index (χ1) is 12.6. The molecule has 132 valence electrons. The van der Waals surface area contributed by atoms with Crippen LogP contribution in [0.5, 0.6) is 0 Å². The highest BCUT2D eigenvalue weighted by molar-refractivity contribution is 5.98. The number of aromatic nitrogens is 1. The van der Waals surface area contributed by atoms with Crippen molar-refractivity contribution in [2.24, 2.45) is 0 Å². The van der Waals surface area contributed by atoms with Crippen LogP contribution in [0.3, 0.4) is 0 Å². The molecule has 0 bridgehead atoms. The Kier molecular flexibility index (Phi) is 4.21. The molecule has 1 heterocycles. The minimum atomic E-state index is -0.887. The van der Waals surface area contributed by atoms with Crippen molar-refractivity contribution in [3.63, 3.8) is 0 Å². The monoisotopic (exact) mass is 348 g/mol. The van der Waals surface area contributed by atoms with Gasteiger partial charge in [-0.2, -0.15) is 0 Å². The number of ether oxygens (including phenoxy) is 1. The second-order valence-electron chi connectivity index (χ2n) is 6.64. The zero-order chi connectivity index (χ0) is 18.1. The first-order valence-electron chi connectivity index (χ1n) is 8.81. The fourth-order valence-electron chi connectivity index (χ4n) is 3.35. The van der Waals surface area contributed by atoms with Crippen LogP contribution in [0.15, 0.2) is 48.5 Å². The molecule has 1 aliphatic carbocycles. The van der Waals surface area contributed by atoms with E-state index in [0.29, 0.717) is 5.69 Å². The van der Waals surface area contributed by atoms with Gasteiger partial charge in [-0.05, 0) is 61.6 Å².